The molecule has 0 aliphatic rings. The summed E-state index contributed by atoms with van der Waals surface area (Å²) in [4.78, 5) is 0. The van der Waals surface area contributed by atoms with Gasteiger partial charge in [-0.2, -0.15) is 0 Å². The molecular weight excluding hydrogens is 218 g/mol. The molecule has 0 heterocycles. The Morgan fingerprint density at radius 2 is 1.83 bits per heavy atom. The highest BCUT2D eigenvalue weighted by Gasteiger charge is 2.11. The minimum atomic E-state index is 0.420. The van der Waals surface area contributed by atoms with E-state index in [1.165, 1.54) is 23.1 Å². The van der Waals surface area contributed by atoms with Crippen molar-refractivity contribution in [1.82, 2.24) is 5.32 Å². The van der Waals surface area contributed by atoms with Crippen molar-refractivity contribution in [3.05, 3.63) is 47.5 Å². The lowest BCUT2D eigenvalue weighted by Crippen LogP contribution is -2.22. The summed E-state index contributed by atoms with van der Waals surface area (Å²) in [6, 6.07) is 9.42. The number of nitrogens with one attached hydrogen (secondary N) is 1. The molecule has 0 spiro atoms. The number of hydrogen-bond acceptors (Lipinski definition) is 1. The predicted molar refractivity (Wildman–Crippen MR) is 80.9 cm³/mol. The molecule has 1 heteroatoms. The Balaban J connectivity index is 2.75. The summed E-state index contributed by atoms with van der Waals surface area (Å²) in [6.45, 7) is 11.8. The van der Waals surface area contributed by atoms with Crippen molar-refractivity contribution >= 4 is 0 Å². The first kappa shape index (κ1) is 15.0. The topological polar surface area (TPSA) is 12.0 Å². The Morgan fingerprint density at radius 1 is 1.17 bits per heavy atom. The molecule has 1 nitrogen and oxygen atoms in total. The van der Waals surface area contributed by atoms with Crippen LogP contribution in [0.1, 0.15) is 57.2 Å². The highest BCUT2D eigenvalue weighted by molar-refractivity contribution is 5.26. The molecule has 1 atom stereocenters. The number of aryl methyl sites for hydroxylation is 1. The van der Waals surface area contributed by atoms with Gasteiger partial charge in [0.15, 0.2) is 0 Å². The molecule has 0 aliphatic carbocycles. The lowest BCUT2D eigenvalue weighted by Gasteiger charge is -2.20. The van der Waals surface area contributed by atoms with E-state index in [0.29, 0.717) is 6.04 Å². The van der Waals surface area contributed by atoms with Gasteiger partial charge in [0.2, 0.25) is 0 Å². The van der Waals surface area contributed by atoms with Gasteiger partial charge in [0.05, 0.1) is 0 Å². The van der Waals surface area contributed by atoms with Gasteiger partial charge in [-0.15, -0.1) is 0 Å². The van der Waals surface area contributed by atoms with Crippen LogP contribution in [-0.2, 0) is 6.42 Å². The molecule has 1 aromatic rings. The van der Waals surface area contributed by atoms with E-state index in [-0.39, 0.29) is 0 Å². The van der Waals surface area contributed by atoms with E-state index in [2.05, 4.69) is 56.9 Å². The molecule has 0 saturated carbocycles. The summed E-state index contributed by atoms with van der Waals surface area (Å²) in [5.74, 6) is 0. The highest BCUT2D eigenvalue weighted by atomic mass is 14.9. The van der Waals surface area contributed by atoms with Crippen LogP contribution in [0.5, 0.6) is 0 Å². The van der Waals surface area contributed by atoms with E-state index >= 15 is 0 Å². The number of rotatable bonds is 8. The maximum Gasteiger partial charge on any atom is 0.0357 e. The molecule has 0 radical (unpaired) electrons. The average Bonchev–Trinajstić information content (AvgIpc) is 2.43. The fourth-order valence-corrected chi connectivity index (χ4v) is 2.05. The van der Waals surface area contributed by atoms with Gasteiger partial charge in [0, 0.05) is 6.04 Å². The maximum absolute atomic E-state index is 4.14. The van der Waals surface area contributed by atoms with Gasteiger partial charge >= 0.3 is 0 Å². The first-order chi connectivity index (χ1) is 8.71. The van der Waals surface area contributed by atoms with E-state index in [9.17, 15) is 0 Å². The third kappa shape index (κ3) is 4.66. The van der Waals surface area contributed by atoms with Gasteiger partial charge in [-0.25, -0.2) is 0 Å². The Morgan fingerprint density at radius 3 is 2.33 bits per heavy atom. The second-order valence-corrected chi connectivity index (χ2v) is 4.91. The van der Waals surface area contributed by atoms with Gasteiger partial charge in [-0.1, -0.05) is 57.2 Å². The first-order valence-corrected chi connectivity index (χ1v) is 7.20. The maximum atomic E-state index is 4.14. The lowest BCUT2D eigenvalue weighted by molar-refractivity contribution is 0.523. The van der Waals surface area contributed by atoms with Crippen molar-refractivity contribution < 1.29 is 0 Å². The minimum Gasteiger partial charge on any atom is -0.310 e. The summed E-state index contributed by atoms with van der Waals surface area (Å²) in [7, 11) is 0. The summed E-state index contributed by atoms with van der Waals surface area (Å²) in [6.07, 6.45) is 4.39. The van der Waals surface area contributed by atoms with E-state index in [0.717, 1.165) is 25.8 Å². The zero-order chi connectivity index (χ0) is 13.4. The standard InChI is InChI=1S/C17H27N/c1-5-12-18-17(13-14(4)6-2)16-10-8-15(7-3)9-11-16/h8-11,17-18H,4-7,12-13H2,1-3H3. The van der Waals surface area contributed by atoms with Crippen LogP contribution >= 0.6 is 0 Å². The third-order valence-corrected chi connectivity index (χ3v) is 3.42. The van der Waals surface area contributed by atoms with Crippen LogP contribution in [0.3, 0.4) is 0 Å². The number of hydrogen-bond donors (Lipinski definition) is 1. The molecular formula is C17H27N. The highest BCUT2D eigenvalue weighted by Crippen LogP contribution is 2.22. The van der Waals surface area contributed by atoms with Gasteiger partial charge in [0.25, 0.3) is 0 Å². The molecule has 0 bridgehead atoms. The largest absolute Gasteiger partial charge is 0.310 e. The van der Waals surface area contributed by atoms with E-state index in [1.807, 2.05) is 0 Å². The smallest absolute Gasteiger partial charge is 0.0357 e. The lowest BCUT2D eigenvalue weighted by atomic mass is 9.97. The van der Waals surface area contributed by atoms with Gasteiger partial charge in [-0.05, 0) is 43.4 Å². The van der Waals surface area contributed by atoms with E-state index in [1.54, 1.807) is 0 Å². The van der Waals surface area contributed by atoms with E-state index < -0.39 is 0 Å². The van der Waals surface area contributed by atoms with Crippen molar-refractivity contribution in [3.8, 4) is 0 Å². The molecule has 1 N–H and O–H groups in total. The van der Waals surface area contributed by atoms with Crippen molar-refractivity contribution in [2.45, 2.75) is 52.5 Å². The van der Waals surface area contributed by atoms with Crippen molar-refractivity contribution in [2.24, 2.45) is 0 Å². The molecule has 18 heavy (non-hydrogen) atoms. The fourth-order valence-electron chi connectivity index (χ4n) is 2.05. The van der Waals surface area contributed by atoms with Gasteiger partial charge in [-0.3, -0.25) is 0 Å². The van der Waals surface area contributed by atoms with Crippen molar-refractivity contribution in [3.63, 3.8) is 0 Å². The monoisotopic (exact) mass is 245 g/mol. The van der Waals surface area contributed by atoms with Crippen LogP contribution < -0.4 is 5.32 Å². The van der Waals surface area contributed by atoms with Crippen molar-refractivity contribution in [1.29, 1.82) is 0 Å². The summed E-state index contributed by atoms with van der Waals surface area (Å²) < 4.78 is 0. The molecule has 0 saturated heterocycles. The molecule has 1 unspecified atom stereocenters. The van der Waals surface area contributed by atoms with E-state index in [4.69, 9.17) is 0 Å². The van der Waals surface area contributed by atoms with Crippen LogP contribution in [0.25, 0.3) is 0 Å². The zero-order valence-corrected chi connectivity index (χ0v) is 12.1. The predicted octanol–water partition coefficient (Wildman–Crippen LogP) is 4.65. The van der Waals surface area contributed by atoms with Gasteiger partial charge < -0.3 is 5.32 Å². The molecule has 0 amide bonds. The van der Waals surface area contributed by atoms with Crippen LogP contribution in [0.15, 0.2) is 36.4 Å². The average molecular weight is 245 g/mol. The van der Waals surface area contributed by atoms with Crippen LogP contribution in [0.4, 0.5) is 0 Å². The summed E-state index contributed by atoms with van der Waals surface area (Å²) >= 11 is 0. The Hall–Kier alpha value is -1.08. The van der Waals surface area contributed by atoms with Crippen molar-refractivity contribution in [2.75, 3.05) is 6.54 Å². The van der Waals surface area contributed by atoms with Crippen LogP contribution in [-0.4, -0.2) is 6.54 Å². The second-order valence-electron chi connectivity index (χ2n) is 4.91. The summed E-state index contributed by atoms with van der Waals surface area (Å²) in [5, 5.41) is 3.63. The molecule has 1 rings (SSSR count). The minimum absolute atomic E-state index is 0.420. The SMILES string of the molecule is C=C(CC)CC(NCCC)c1ccc(CC)cc1. The Bertz CT molecular complexity index is 350. The Labute approximate surface area is 112 Å². The fraction of sp³-hybridized carbons (Fsp3) is 0.529. The number of benzene rings is 1. The molecule has 1 aromatic carbocycles. The molecule has 100 valence electrons. The van der Waals surface area contributed by atoms with Crippen LogP contribution in [0.2, 0.25) is 0 Å². The molecule has 0 fully saturated rings. The third-order valence-electron chi connectivity index (χ3n) is 3.42. The quantitative estimate of drug-likeness (QED) is 0.658. The van der Waals surface area contributed by atoms with Gasteiger partial charge in [0.1, 0.15) is 0 Å². The van der Waals surface area contributed by atoms with Crippen LogP contribution in [0, 0.1) is 0 Å². The molecule has 0 aliphatic heterocycles. The Kier molecular flexibility index (Phi) is 6.74. The second kappa shape index (κ2) is 8.10. The summed E-state index contributed by atoms with van der Waals surface area (Å²) in [5.41, 5.74) is 4.11. The first-order valence-electron chi connectivity index (χ1n) is 7.20. The molecule has 0 aromatic heterocycles. The zero-order valence-electron chi connectivity index (χ0n) is 12.1. The normalized spacial score (nSPS) is 12.4.